The molecule has 7 heteroatoms. The third-order valence-electron chi connectivity index (χ3n) is 3.95. The molecule has 3 nitrogen and oxygen atoms in total. The van der Waals surface area contributed by atoms with Gasteiger partial charge in [-0.15, -0.1) is 0 Å². The van der Waals surface area contributed by atoms with Gasteiger partial charge in [0.25, 0.3) is 0 Å². The summed E-state index contributed by atoms with van der Waals surface area (Å²) < 4.78 is 67.7. The van der Waals surface area contributed by atoms with E-state index >= 15 is 0 Å². The first-order chi connectivity index (χ1) is 10.9. The fraction of sp³-hybridized carbons (Fsp3) is 0.250. The van der Waals surface area contributed by atoms with Crippen LogP contribution in [0.4, 0.5) is 13.2 Å². The summed E-state index contributed by atoms with van der Waals surface area (Å²) in [6.07, 6.45) is 0.951. The summed E-state index contributed by atoms with van der Waals surface area (Å²) in [4.78, 5) is -0.722. The molecule has 0 spiro atoms. The summed E-state index contributed by atoms with van der Waals surface area (Å²) in [5.74, 6) is -2.38. The van der Waals surface area contributed by atoms with Gasteiger partial charge in [-0.2, -0.15) is 4.31 Å². The molecule has 0 radical (unpaired) electrons. The van der Waals surface area contributed by atoms with Crippen LogP contribution in [0.2, 0.25) is 0 Å². The molecule has 2 aromatic rings. The molecular weight excluding hydrogens is 327 g/mol. The Morgan fingerprint density at radius 1 is 1.00 bits per heavy atom. The minimum atomic E-state index is -4.25. The van der Waals surface area contributed by atoms with Crippen LogP contribution < -0.4 is 0 Å². The van der Waals surface area contributed by atoms with Gasteiger partial charge in [-0.3, -0.25) is 0 Å². The maximum atomic E-state index is 14.0. The van der Waals surface area contributed by atoms with Crippen molar-refractivity contribution in [2.24, 2.45) is 0 Å². The molecule has 1 aliphatic heterocycles. The second-order valence-electron chi connectivity index (χ2n) is 5.37. The molecule has 2 aromatic carbocycles. The van der Waals surface area contributed by atoms with E-state index in [0.717, 1.165) is 16.4 Å². The Kier molecular flexibility index (Phi) is 4.16. The molecule has 0 N–H and O–H groups in total. The Hall–Kier alpha value is -1.86. The molecule has 0 aromatic heterocycles. The second kappa shape index (κ2) is 5.98. The minimum absolute atomic E-state index is 0.136. The molecule has 122 valence electrons. The zero-order valence-corrected chi connectivity index (χ0v) is 12.9. The molecule has 1 unspecified atom stereocenters. The van der Waals surface area contributed by atoms with E-state index in [1.165, 1.54) is 18.2 Å². The largest absolute Gasteiger partial charge is 0.246 e. The van der Waals surface area contributed by atoms with Crippen LogP contribution in [0.25, 0.3) is 0 Å². The van der Waals surface area contributed by atoms with Crippen molar-refractivity contribution in [1.82, 2.24) is 4.31 Å². The van der Waals surface area contributed by atoms with Crippen LogP contribution in [-0.2, 0) is 10.0 Å². The molecule has 1 fully saturated rings. The number of rotatable bonds is 3. The van der Waals surface area contributed by atoms with Crippen molar-refractivity contribution in [3.8, 4) is 0 Å². The van der Waals surface area contributed by atoms with Gasteiger partial charge in [-0.05, 0) is 37.1 Å². The van der Waals surface area contributed by atoms with Crippen molar-refractivity contribution in [2.45, 2.75) is 23.8 Å². The van der Waals surface area contributed by atoms with Crippen LogP contribution in [-0.4, -0.2) is 19.3 Å². The van der Waals surface area contributed by atoms with Crippen LogP contribution in [0.15, 0.2) is 47.4 Å². The highest BCUT2D eigenvalue weighted by Crippen LogP contribution is 2.38. The summed E-state index contributed by atoms with van der Waals surface area (Å²) in [5, 5.41) is 0. The smallest absolute Gasteiger partial charge is 0.207 e. The molecule has 1 heterocycles. The molecular formula is C16H14F3NO2S. The van der Waals surface area contributed by atoms with Crippen molar-refractivity contribution in [2.75, 3.05) is 6.54 Å². The molecule has 3 rings (SSSR count). The van der Waals surface area contributed by atoms with Crippen LogP contribution in [0, 0.1) is 17.5 Å². The van der Waals surface area contributed by atoms with Crippen LogP contribution in [0.1, 0.15) is 24.4 Å². The van der Waals surface area contributed by atoms with Crippen LogP contribution in [0.5, 0.6) is 0 Å². The summed E-state index contributed by atoms with van der Waals surface area (Å²) in [7, 11) is -4.25. The van der Waals surface area contributed by atoms with Crippen molar-refractivity contribution in [3.05, 3.63) is 65.5 Å². The van der Waals surface area contributed by atoms with Gasteiger partial charge >= 0.3 is 0 Å². The fourth-order valence-corrected chi connectivity index (χ4v) is 4.64. The Morgan fingerprint density at radius 2 is 1.74 bits per heavy atom. The van der Waals surface area contributed by atoms with E-state index in [2.05, 4.69) is 0 Å². The summed E-state index contributed by atoms with van der Waals surface area (Å²) in [6.45, 7) is 0.136. The quantitative estimate of drug-likeness (QED) is 0.855. The predicted octanol–water partition coefficient (Wildman–Crippen LogP) is 3.63. The molecule has 1 aliphatic rings. The van der Waals surface area contributed by atoms with Crippen molar-refractivity contribution in [1.29, 1.82) is 0 Å². The lowest BCUT2D eigenvalue weighted by molar-refractivity contribution is 0.383. The first-order valence-corrected chi connectivity index (χ1v) is 8.56. The first-order valence-electron chi connectivity index (χ1n) is 7.12. The minimum Gasteiger partial charge on any atom is -0.207 e. The standard InChI is InChI=1S/C16H14F3NO2S/c17-11-7-8-14(19)16(10-11)23(21,22)20-9-3-6-15(20)12-4-1-2-5-13(12)18/h1-2,4-5,7-8,10,15H,3,6,9H2. The normalized spacial score (nSPS) is 19.2. The number of hydrogen-bond acceptors (Lipinski definition) is 2. The highest BCUT2D eigenvalue weighted by molar-refractivity contribution is 7.89. The van der Waals surface area contributed by atoms with Gasteiger partial charge in [0, 0.05) is 12.1 Å². The van der Waals surface area contributed by atoms with E-state index < -0.39 is 38.4 Å². The summed E-state index contributed by atoms with van der Waals surface area (Å²) >= 11 is 0. The molecule has 0 saturated carbocycles. The number of halogens is 3. The second-order valence-corrected chi connectivity index (χ2v) is 7.23. The molecule has 0 amide bonds. The fourth-order valence-electron chi connectivity index (χ4n) is 2.89. The molecule has 23 heavy (non-hydrogen) atoms. The zero-order chi connectivity index (χ0) is 16.6. The predicted molar refractivity (Wildman–Crippen MR) is 78.6 cm³/mol. The van der Waals surface area contributed by atoms with E-state index in [1.54, 1.807) is 6.07 Å². The molecule has 1 atom stereocenters. The number of sulfonamides is 1. The Morgan fingerprint density at radius 3 is 2.48 bits per heavy atom. The lowest BCUT2D eigenvalue weighted by Gasteiger charge is -2.25. The lowest BCUT2D eigenvalue weighted by Crippen LogP contribution is -2.31. The van der Waals surface area contributed by atoms with E-state index in [9.17, 15) is 21.6 Å². The average Bonchev–Trinajstić information content (AvgIpc) is 3.00. The van der Waals surface area contributed by atoms with Gasteiger partial charge in [-0.25, -0.2) is 21.6 Å². The number of hydrogen-bond donors (Lipinski definition) is 0. The van der Waals surface area contributed by atoms with Gasteiger partial charge in [0.1, 0.15) is 22.3 Å². The Bertz CT molecular complexity index is 839. The van der Waals surface area contributed by atoms with Crippen molar-refractivity contribution in [3.63, 3.8) is 0 Å². The SMILES string of the molecule is O=S(=O)(c1cc(F)ccc1F)N1CCCC1c1ccccc1F. The van der Waals surface area contributed by atoms with E-state index in [4.69, 9.17) is 0 Å². The number of nitrogens with zero attached hydrogens (tertiary/aromatic N) is 1. The number of benzene rings is 2. The maximum Gasteiger partial charge on any atom is 0.246 e. The van der Waals surface area contributed by atoms with E-state index in [-0.39, 0.29) is 12.1 Å². The van der Waals surface area contributed by atoms with Gasteiger partial charge in [0.05, 0.1) is 6.04 Å². The zero-order valence-electron chi connectivity index (χ0n) is 12.0. The van der Waals surface area contributed by atoms with Crippen LogP contribution in [0.3, 0.4) is 0 Å². The third kappa shape index (κ3) is 2.86. The van der Waals surface area contributed by atoms with Gasteiger partial charge in [-0.1, -0.05) is 18.2 Å². The summed E-state index contributed by atoms with van der Waals surface area (Å²) in [5.41, 5.74) is 0.241. The van der Waals surface area contributed by atoms with E-state index in [1.807, 2.05) is 0 Å². The van der Waals surface area contributed by atoms with Crippen molar-refractivity contribution >= 4 is 10.0 Å². The lowest BCUT2D eigenvalue weighted by atomic mass is 10.1. The molecule has 0 bridgehead atoms. The van der Waals surface area contributed by atoms with Gasteiger partial charge in [0.15, 0.2) is 0 Å². The first kappa shape index (κ1) is 16.0. The Balaban J connectivity index is 2.05. The van der Waals surface area contributed by atoms with Gasteiger partial charge < -0.3 is 0 Å². The van der Waals surface area contributed by atoms with Gasteiger partial charge in [0.2, 0.25) is 10.0 Å². The highest BCUT2D eigenvalue weighted by atomic mass is 32.2. The summed E-state index contributed by atoms with van der Waals surface area (Å²) in [6, 6.07) is 7.45. The maximum absolute atomic E-state index is 14.0. The molecule has 1 saturated heterocycles. The topological polar surface area (TPSA) is 37.4 Å². The van der Waals surface area contributed by atoms with Crippen molar-refractivity contribution < 1.29 is 21.6 Å². The monoisotopic (exact) mass is 341 g/mol. The average molecular weight is 341 g/mol. The third-order valence-corrected chi connectivity index (χ3v) is 5.87. The molecule has 0 aliphatic carbocycles. The Labute approximate surface area is 132 Å². The van der Waals surface area contributed by atoms with E-state index in [0.29, 0.717) is 18.9 Å². The highest BCUT2D eigenvalue weighted by Gasteiger charge is 2.38. The van der Waals surface area contributed by atoms with Crippen LogP contribution >= 0.6 is 0 Å².